The van der Waals surface area contributed by atoms with E-state index in [1.54, 1.807) is 0 Å². The van der Waals surface area contributed by atoms with Crippen molar-refractivity contribution in [2.45, 2.75) is 85.7 Å². The van der Waals surface area contributed by atoms with Gasteiger partial charge in [0.15, 0.2) is 0 Å². The van der Waals surface area contributed by atoms with E-state index in [9.17, 15) is 10.2 Å². The third-order valence-corrected chi connectivity index (χ3v) is 7.91. The molecule has 0 heterocycles. The quantitative estimate of drug-likeness (QED) is 0.329. The van der Waals surface area contributed by atoms with Gasteiger partial charge in [0.25, 0.3) is 0 Å². The molecule has 0 amide bonds. The van der Waals surface area contributed by atoms with Crippen molar-refractivity contribution in [1.29, 1.82) is 0 Å². The molecule has 0 saturated carbocycles. The van der Waals surface area contributed by atoms with E-state index in [1.807, 2.05) is 18.2 Å². The first-order chi connectivity index (χ1) is 16.6. The molecule has 3 aromatic carbocycles. The van der Waals surface area contributed by atoms with Crippen LogP contribution in [0.15, 0.2) is 60.7 Å². The Hall–Kier alpha value is -2.42. The van der Waals surface area contributed by atoms with Gasteiger partial charge in [0.05, 0.1) is 6.10 Å². The van der Waals surface area contributed by atoms with Crippen molar-refractivity contribution in [3.8, 4) is 11.1 Å². The van der Waals surface area contributed by atoms with E-state index in [-0.39, 0.29) is 16.9 Å². The van der Waals surface area contributed by atoms with Crippen LogP contribution in [0.2, 0.25) is 0 Å². The fourth-order valence-electron chi connectivity index (χ4n) is 5.30. The van der Waals surface area contributed by atoms with Gasteiger partial charge in [-0.1, -0.05) is 89.2 Å². The van der Waals surface area contributed by atoms with Gasteiger partial charge in [-0.25, -0.2) is 0 Å². The number of aliphatic hydroxyl groups is 2. The van der Waals surface area contributed by atoms with Gasteiger partial charge < -0.3 is 10.2 Å². The van der Waals surface area contributed by atoms with Crippen LogP contribution in [0.1, 0.15) is 87.3 Å². The van der Waals surface area contributed by atoms with Crippen LogP contribution in [0.25, 0.3) is 11.1 Å². The van der Waals surface area contributed by atoms with E-state index in [0.29, 0.717) is 0 Å². The molecule has 1 radical (unpaired) electrons. The second-order valence-electron chi connectivity index (χ2n) is 11.1. The molecule has 0 saturated heterocycles. The zero-order chi connectivity index (χ0) is 25.8. The fraction of sp³-hybridized carbons (Fsp3) is 0.424. The second kappa shape index (κ2) is 11.1. The van der Waals surface area contributed by atoms with Crippen LogP contribution in [0.3, 0.4) is 0 Å². The average molecular weight is 472 g/mol. The molecule has 35 heavy (non-hydrogen) atoms. The Morgan fingerprint density at radius 1 is 0.829 bits per heavy atom. The van der Waals surface area contributed by atoms with E-state index in [4.69, 9.17) is 0 Å². The molecule has 0 aliphatic carbocycles. The average Bonchev–Trinajstić information content (AvgIpc) is 2.84. The van der Waals surface area contributed by atoms with E-state index < -0.39 is 0 Å². The summed E-state index contributed by atoms with van der Waals surface area (Å²) in [4.78, 5) is 0. The Labute approximate surface area is 213 Å². The third kappa shape index (κ3) is 5.88. The lowest BCUT2D eigenvalue weighted by atomic mass is 9.69. The topological polar surface area (TPSA) is 40.5 Å². The van der Waals surface area contributed by atoms with Crippen molar-refractivity contribution in [3.63, 3.8) is 0 Å². The Bertz CT molecular complexity index is 1130. The van der Waals surface area contributed by atoms with Crippen LogP contribution in [-0.4, -0.2) is 16.3 Å². The molecule has 0 spiro atoms. The molecule has 2 nitrogen and oxygen atoms in total. The molecule has 0 aliphatic rings. The van der Waals surface area contributed by atoms with Gasteiger partial charge in [-0.15, -0.1) is 0 Å². The maximum Gasteiger partial charge on any atom is 0.109 e. The maximum absolute atomic E-state index is 10.5. The first kappa shape index (κ1) is 27.2. The smallest absolute Gasteiger partial charge is 0.109 e. The summed E-state index contributed by atoms with van der Waals surface area (Å²) in [6.45, 7) is 16.4. The highest BCUT2D eigenvalue weighted by atomic mass is 16.3. The molecule has 1 atom stereocenters. The van der Waals surface area contributed by atoms with Gasteiger partial charge in [-0.2, -0.15) is 0 Å². The summed E-state index contributed by atoms with van der Waals surface area (Å²) in [7, 11) is 0. The van der Waals surface area contributed by atoms with Crippen LogP contribution in [0.5, 0.6) is 0 Å². The third-order valence-electron chi connectivity index (χ3n) is 7.91. The number of benzene rings is 3. The van der Waals surface area contributed by atoms with Gasteiger partial charge in [0.1, 0.15) is 6.61 Å². The van der Waals surface area contributed by atoms with Crippen LogP contribution >= 0.6 is 0 Å². The van der Waals surface area contributed by atoms with Gasteiger partial charge >= 0.3 is 0 Å². The molecule has 0 aliphatic heterocycles. The molecular formula is C33H43O2. The van der Waals surface area contributed by atoms with Crippen molar-refractivity contribution in [3.05, 3.63) is 101 Å². The highest BCUT2D eigenvalue weighted by Gasteiger charge is 2.31. The van der Waals surface area contributed by atoms with E-state index in [0.717, 1.165) is 43.4 Å². The second-order valence-corrected chi connectivity index (χ2v) is 11.1. The van der Waals surface area contributed by atoms with Gasteiger partial charge in [-0.05, 0) is 95.5 Å². The summed E-state index contributed by atoms with van der Waals surface area (Å²) in [5.41, 5.74) is 9.59. The van der Waals surface area contributed by atoms with E-state index >= 15 is 0 Å². The molecule has 3 rings (SSSR count). The van der Waals surface area contributed by atoms with Gasteiger partial charge in [0, 0.05) is 5.41 Å². The summed E-state index contributed by atoms with van der Waals surface area (Å²) in [5, 5.41) is 19.9. The Morgan fingerprint density at radius 2 is 1.46 bits per heavy atom. The van der Waals surface area contributed by atoms with Gasteiger partial charge in [-0.3, -0.25) is 0 Å². The molecule has 2 heteroatoms. The minimum Gasteiger partial charge on any atom is -0.393 e. The largest absolute Gasteiger partial charge is 0.393 e. The number of hydrogen-bond acceptors (Lipinski definition) is 2. The highest BCUT2D eigenvalue weighted by Crippen LogP contribution is 2.41. The number of aliphatic hydroxyl groups excluding tert-OH is 2. The lowest BCUT2D eigenvalue weighted by molar-refractivity contribution is 0.0560. The summed E-state index contributed by atoms with van der Waals surface area (Å²) >= 11 is 0. The summed E-state index contributed by atoms with van der Waals surface area (Å²) in [6.07, 6.45) is 3.43. The van der Waals surface area contributed by atoms with Crippen LogP contribution in [-0.2, 0) is 11.8 Å². The Morgan fingerprint density at radius 3 is 2.00 bits per heavy atom. The predicted octanol–water partition coefficient (Wildman–Crippen LogP) is 8.30. The van der Waals surface area contributed by atoms with Crippen molar-refractivity contribution in [2.75, 3.05) is 0 Å². The zero-order valence-corrected chi connectivity index (χ0v) is 22.7. The number of aryl methyl sites for hydroxylation is 3. The summed E-state index contributed by atoms with van der Waals surface area (Å²) in [5.74, 6) is 0. The van der Waals surface area contributed by atoms with Crippen molar-refractivity contribution in [1.82, 2.24) is 0 Å². The lowest BCUT2D eigenvalue weighted by Gasteiger charge is -2.34. The molecule has 2 N–H and O–H groups in total. The fourth-order valence-corrected chi connectivity index (χ4v) is 5.30. The molecule has 3 aromatic rings. The molecule has 1 unspecified atom stereocenters. The minimum atomic E-state index is -0.301. The zero-order valence-electron chi connectivity index (χ0n) is 22.7. The Kier molecular flexibility index (Phi) is 8.62. The number of rotatable bonds is 9. The van der Waals surface area contributed by atoms with Crippen LogP contribution in [0, 0.1) is 25.9 Å². The maximum atomic E-state index is 10.5. The minimum absolute atomic E-state index is 0.0434. The molecule has 0 aromatic heterocycles. The highest BCUT2D eigenvalue weighted by molar-refractivity contribution is 5.69. The monoisotopic (exact) mass is 471 g/mol. The van der Waals surface area contributed by atoms with E-state index in [1.165, 1.54) is 33.4 Å². The standard InChI is InChI=1S/C33H43O2/c1-8-33(9-2,28-15-13-26(23(3)19-28)14-18-31(35)32(5,6)7)29-16-17-30(24(4)20-29)27-12-10-11-25(21-27)22-34/h10-13,15-17,19-22,31,34-35H,8-9,14,18H2,1-7H3. The van der Waals surface area contributed by atoms with Crippen molar-refractivity contribution >= 4 is 0 Å². The summed E-state index contributed by atoms with van der Waals surface area (Å²) in [6, 6.07) is 21.8. The normalized spacial score (nSPS) is 13.2. The lowest BCUT2D eigenvalue weighted by Crippen LogP contribution is -2.27. The molecule has 0 fully saturated rings. The van der Waals surface area contributed by atoms with Crippen molar-refractivity contribution in [2.24, 2.45) is 5.41 Å². The molecule has 0 bridgehead atoms. The SMILES string of the molecule is CCC(CC)(c1ccc(CCC(O)C(C)(C)C)c(C)c1)c1ccc(-c2cccc([CH]O)c2)c(C)c1. The number of hydrogen-bond donors (Lipinski definition) is 2. The summed E-state index contributed by atoms with van der Waals surface area (Å²) < 4.78 is 0. The van der Waals surface area contributed by atoms with Crippen molar-refractivity contribution < 1.29 is 10.2 Å². The first-order valence-corrected chi connectivity index (χ1v) is 13.0. The van der Waals surface area contributed by atoms with Crippen LogP contribution < -0.4 is 0 Å². The van der Waals surface area contributed by atoms with Crippen LogP contribution in [0.4, 0.5) is 0 Å². The molecular weight excluding hydrogens is 428 g/mol. The predicted molar refractivity (Wildman–Crippen MR) is 148 cm³/mol. The van der Waals surface area contributed by atoms with E-state index in [2.05, 4.69) is 90.9 Å². The molecule has 187 valence electrons. The Balaban J connectivity index is 1.94. The first-order valence-electron chi connectivity index (χ1n) is 13.0. The van der Waals surface area contributed by atoms with Gasteiger partial charge in [0.2, 0.25) is 0 Å².